The van der Waals surface area contributed by atoms with Crippen molar-refractivity contribution in [2.45, 2.75) is 19.4 Å². The SMILES string of the molecule is CC(c1cn[nH]c1)N1CCCN=C1C[N+](=O)[O-]. The summed E-state index contributed by atoms with van der Waals surface area (Å²) in [5.74, 6) is 0.565. The highest BCUT2D eigenvalue weighted by atomic mass is 16.6. The molecule has 7 heteroatoms. The lowest BCUT2D eigenvalue weighted by molar-refractivity contribution is -0.464. The monoisotopic (exact) mass is 237 g/mol. The maximum absolute atomic E-state index is 10.6. The number of nitro groups is 1. The topological polar surface area (TPSA) is 87.4 Å². The maximum Gasteiger partial charge on any atom is 0.260 e. The van der Waals surface area contributed by atoms with Crippen molar-refractivity contribution >= 4 is 5.84 Å². The van der Waals surface area contributed by atoms with Crippen molar-refractivity contribution in [2.24, 2.45) is 4.99 Å². The van der Waals surface area contributed by atoms with Gasteiger partial charge in [-0.15, -0.1) is 0 Å². The highest BCUT2D eigenvalue weighted by molar-refractivity contribution is 5.84. The normalized spacial score (nSPS) is 17.7. The lowest BCUT2D eigenvalue weighted by Gasteiger charge is -2.32. The lowest BCUT2D eigenvalue weighted by atomic mass is 10.1. The first-order valence-corrected chi connectivity index (χ1v) is 5.59. The van der Waals surface area contributed by atoms with Crippen LogP contribution >= 0.6 is 0 Å². The van der Waals surface area contributed by atoms with Crippen molar-refractivity contribution in [1.29, 1.82) is 0 Å². The van der Waals surface area contributed by atoms with E-state index in [4.69, 9.17) is 0 Å². The van der Waals surface area contributed by atoms with E-state index in [0.717, 1.165) is 18.5 Å². The average molecular weight is 237 g/mol. The maximum atomic E-state index is 10.6. The molecule has 0 amide bonds. The van der Waals surface area contributed by atoms with Crippen LogP contribution < -0.4 is 0 Å². The molecule has 1 N–H and O–H groups in total. The molecule has 1 unspecified atom stereocenters. The third-order valence-electron chi connectivity index (χ3n) is 2.92. The zero-order valence-corrected chi connectivity index (χ0v) is 9.67. The number of hydrogen-bond donors (Lipinski definition) is 1. The number of aromatic amines is 1. The van der Waals surface area contributed by atoms with Gasteiger partial charge in [0.1, 0.15) is 0 Å². The summed E-state index contributed by atoms with van der Waals surface area (Å²) in [6, 6.07) is 0.0627. The molecule has 92 valence electrons. The Labute approximate surface area is 98.7 Å². The van der Waals surface area contributed by atoms with Gasteiger partial charge in [-0.1, -0.05) is 0 Å². The predicted molar refractivity (Wildman–Crippen MR) is 62.5 cm³/mol. The van der Waals surface area contributed by atoms with E-state index in [0.29, 0.717) is 12.4 Å². The summed E-state index contributed by atoms with van der Waals surface area (Å²) in [6.07, 6.45) is 4.48. The van der Waals surface area contributed by atoms with Gasteiger partial charge in [0, 0.05) is 29.8 Å². The zero-order chi connectivity index (χ0) is 12.3. The van der Waals surface area contributed by atoms with Gasteiger partial charge in [-0.25, -0.2) is 0 Å². The van der Waals surface area contributed by atoms with Crippen LogP contribution in [-0.2, 0) is 0 Å². The minimum Gasteiger partial charge on any atom is -0.348 e. The van der Waals surface area contributed by atoms with Crippen molar-refractivity contribution in [3.8, 4) is 0 Å². The van der Waals surface area contributed by atoms with E-state index in [1.807, 2.05) is 18.0 Å². The van der Waals surface area contributed by atoms with Gasteiger partial charge in [-0.05, 0) is 13.3 Å². The van der Waals surface area contributed by atoms with Gasteiger partial charge in [0.05, 0.1) is 12.2 Å². The summed E-state index contributed by atoms with van der Waals surface area (Å²) >= 11 is 0. The van der Waals surface area contributed by atoms with Gasteiger partial charge in [-0.3, -0.25) is 20.2 Å². The molecule has 0 aromatic carbocycles. The number of aromatic nitrogens is 2. The van der Waals surface area contributed by atoms with Crippen LogP contribution in [0.3, 0.4) is 0 Å². The molecule has 7 nitrogen and oxygen atoms in total. The van der Waals surface area contributed by atoms with Crippen molar-refractivity contribution in [2.75, 3.05) is 19.6 Å². The third kappa shape index (κ3) is 2.61. The van der Waals surface area contributed by atoms with E-state index in [1.54, 1.807) is 6.20 Å². The Morgan fingerprint density at radius 2 is 2.53 bits per heavy atom. The molecule has 0 aliphatic carbocycles. The van der Waals surface area contributed by atoms with Gasteiger partial charge in [-0.2, -0.15) is 5.10 Å². The van der Waals surface area contributed by atoms with Crippen LogP contribution in [0.1, 0.15) is 24.9 Å². The van der Waals surface area contributed by atoms with Gasteiger partial charge in [0.2, 0.25) is 0 Å². The van der Waals surface area contributed by atoms with Crippen LogP contribution in [0.25, 0.3) is 0 Å². The molecule has 0 saturated heterocycles. The largest absolute Gasteiger partial charge is 0.348 e. The number of hydrogen-bond acceptors (Lipinski definition) is 5. The molecule has 1 aromatic rings. The van der Waals surface area contributed by atoms with Crippen molar-refractivity contribution in [3.63, 3.8) is 0 Å². The second kappa shape index (κ2) is 4.94. The highest BCUT2D eigenvalue weighted by Gasteiger charge is 2.25. The number of H-pyrrole nitrogens is 1. The molecule has 2 heterocycles. The minimum absolute atomic E-state index is 0.0627. The average Bonchev–Trinajstić information content (AvgIpc) is 2.81. The molecular weight excluding hydrogens is 222 g/mol. The Morgan fingerprint density at radius 1 is 1.71 bits per heavy atom. The molecule has 17 heavy (non-hydrogen) atoms. The molecule has 2 rings (SSSR count). The number of amidine groups is 1. The Balaban J connectivity index is 2.15. The summed E-state index contributed by atoms with van der Waals surface area (Å²) in [4.78, 5) is 16.5. The van der Waals surface area contributed by atoms with Gasteiger partial charge < -0.3 is 4.90 Å². The molecule has 0 saturated carbocycles. The second-order valence-electron chi connectivity index (χ2n) is 4.04. The third-order valence-corrected chi connectivity index (χ3v) is 2.92. The summed E-state index contributed by atoms with van der Waals surface area (Å²) < 4.78 is 0. The standard InChI is InChI=1S/C10H15N5O2/c1-8(9-5-12-13-6-9)14-4-2-3-11-10(14)7-15(16)17/h5-6,8H,2-4,7H2,1H3,(H,12,13). The first kappa shape index (κ1) is 11.6. The van der Waals surface area contributed by atoms with Crippen LogP contribution in [0, 0.1) is 10.1 Å². The Kier molecular flexibility index (Phi) is 3.36. The van der Waals surface area contributed by atoms with Crippen LogP contribution in [0.4, 0.5) is 0 Å². The lowest BCUT2D eigenvalue weighted by Crippen LogP contribution is -2.41. The molecule has 0 fully saturated rings. The van der Waals surface area contributed by atoms with Gasteiger partial charge in [0.25, 0.3) is 6.54 Å². The molecule has 0 bridgehead atoms. The second-order valence-corrected chi connectivity index (χ2v) is 4.04. The fourth-order valence-corrected chi connectivity index (χ4v) is 2.01. The van der Waals surface area contributed by atoms with Crippen LogP contribution in [0.5, 0.6) is 0 Å². The van der Waals surface area contributed by atoms with Gasteiger partial charge in [0.15, 0.2) is 5.84 Å². The molecule has 1 aromatic heterocycles. The Bertz CT molecular complexity index is 414. The number of rotatable bonds is 4. The van der Waals surface area contributed by atoms with Crippen molar-refractivity contribution < 1.29 is 4.92 Å². The van der Waals surface area contributed by atoms with E-state index in [2.05, 4.69) is 15.2 Å². The van der Waals surface area contributed by atoms with Gasteiger partial charge >= 0.3 is 0 Å². The predicted octanol–water partition coefficient (Wildman–Crippen LogP) is 0.852. The molecule has 1 aliphatic heterocycles. The number of aliphatic imine (C=N–C) groups is 1. The molecule has 0 radical (unpaired) electrons. The van der Waals surface area contributed by atoms with Crippen molar-refractivity contribution in [3.05, 3.63) is 28.1 Å². The van der Waals surface area contributed by atoms with E-state index >= 15 is 0 Å². The fraction of sp³-hybridized carbons (Fsp3) is 0.600. The molecule has 0 spiro atoms. The quantitative estimate of drug-likeness (QED) is 0.621. The van der Waals surface area contributed by atoms with E-state index in [9.17, 15) is 10.1 Å². The summed E-state index contributed by atoms with van der Waals surface area (Å²) in [5, 5.41) is 17.3. The summed E-state index contributed by atoms with van der Waals surface area (Å²) in [7, 11) is 0. The van der Waals surface area contributed by atoms with E-state index in [-0.39, 0.29) is 17.5 Å². The first-order valence-electron chi connectivity index (χ1n) is 5.59. The first-order chi connectivity index (χ1) is 8.18. The number of nitrogens with zero attached hydrogens (tertiary/aromatic N) is 4. The molecule has 1 atom stereocenters. The van der Waals surface area contributed by atoms with Crippen LogP contribution in [0.15, 0.2) is 17.4 Å². The highest BCUT2D eigenvalue weighted by Crippen LogP contribution is 2.21. The Hall–Kier alpha value is -1.92. The minimum atomic E-state index is -0.334. The number of nitrogens with one attached hydrogen (secondary N) is 1. The smallest absolute Gasteiger partial charge is 0.260 e. The molecular formula is C10H15N5O2. The van der Waals surface area contributed by atoms with E-state index < -0.39 is 0 Å². The zero-order valence-electron chi connectivity index (χ0n) is 9.67. The van der Waals surface area contributed by atoms with Crippen LogP contribution in [-0.4, -0.2) is 45.5 Å². The van der Waals surface area contributed by atoms with E-state index in [1.165, 1.54) is 0 Å². The van der Waals surface area contributed by atoms with Crippen LogP contribution in [0.2, 0.25) is 0 Å². The Morgan fingerprint density at radius 3 is 3.18 bits per heavy atom. The summed E-state index contributed by atoms with van der Waals surface area (Å²) in [5.41, 5.74) is 1.02. The summed E-state index contributed by atoms with van der Waals surface area (Å²) in [6.45, 7) is 3.28. The van der Waals surface area contributed by atoms with Crippen molar-refractivity contribution in [1.82, 2.24) is 15.1 Å². The molecule has 1 aliphatic rings. The fourth-order valence-electron chi connectivity index (χ4n) is 2.01.